The van der Waals surface area contributed by atoms with Crippen LogP contribution >= 0.6 is 31.9 Å². The number of hydrogen-bond donors (Lipinski definition) is 0. The molecule has 0 radical (unpaired) electrons. The average molecular weight is 582 g/mol. The third-order valence-corrected chi connectivity index (χ3v) is 4.10. The molecular weight excluding hydrogens is 579 g/mol. The molecule has 0 saturated heterocycles. The fraction of sp³-hybridized carbons (Fsp3) is 0.889. The third kappa shape index (κ3) is 4.94. The summed E-state index contributed by atoms with van der Waals surface area (Å²) in [7, 11) is -0.00311. The number of esters is 1. The molecule has 0 aromatic rings. The van der Waals surface area contributed by atoms with Crippen LogP contribution in [0.3, 0.4) is 0 Å². The topological polar surface area (TPSA) is 44.8 Å². The maximum absolute atomic E-state index is 13.8. The molecule has 2 atom stereocenters. The lowest BCUT2D eigenvalue weighted by atomic mass is 10.2. The number of ether oxygens (including phenoxy) is 3. The van der Waals surface area contributed by atoms with Gasteiger partial charge in [-0.3, -0.25) is 9.47 Å². The van der Waals surface area contributed by atoms with E-state index in [1.807, 2.05) is 0 Å². The average Bonchev–Trinajstić information content (AvgIpc) is 2.41. The minimum absolute atomic E-state index is 0.00311. The van der Waals surface area contributed by atoms with E-state index in [-0.39, 0.29) is 7.11 Å². The van der Waals surface area contributed by atoms with Crippen LogP contribution in [-0.4, -0.2) is 52.8 Å². The van der Waals surface area contributed by atoms with E-state index in [0.717, 1.165) is 31.9 Å². The summed E-state index contributed by atoms with van der Waals surface area (Å²) in [6, 6.07) is 0. The van der Waals surface area contributed by atoms with Crippen molar-refractivity contribution in [1.82, 2.24) is 0 Å². The van der Waals surface area contributed by atoms with Gasteiger partial charge in [0.25, 0.3) is 0 Å². The van der Waals surface area contributed by atoms with E-state index in [9.17, 15) is 61.9 Å². The van der Waals surface area contributed by atoms with Crippen LogP contribution in [0.5, 0.6) is 0 Å². The molecule has 4 nitrogen and oxygen atoms in total. The number of halogens is 15. The summed E-state index contributed by atoms with van der Waals surface area (Å²) >= 11 is 1.99. The number of alkyl halides is 15. The van der Waals surface area contributed by atoms with E-state index in [2.05, 4.69) is 9.47 Å². The molecule has 0 aromatic carbocycles. The van der Waals surface area contributed by atoms with Crippen LogP contribution in [0.4, 0.5) is 57.1 Å². The lowest BCUT2D eigenvalue weighted by molar-refractivity contribution is -0.527. The van der Waals surface area contributed by atoms with Gasteiger partial charge in [0.05, 0.1) is 7.11 Å². The number of carbonyl (C=O) groups excluding carboxylic acids is 1. The second-order valence-corrected chi connectivity index (χ2v) is 6.43. The van der Waals surface area contributed by atoms with E-state index >= 15 is 0 Å². The smallest absolute Gasteiger partial charge is 0.458 e. The minimum atomic E-state index is -7.43. The molecule has 168 valence electrons. The summed E-state index contributed by atoms with van der Waals surface area (Å²) in [6.45, 7) is 0. The monoisotopic (exact) mass is 580 g/mol. The molecule has 0 heterocycles. The zero-order valence-electron chi connectivity index (χ0n) is 12.3. The largest absolute Gasteiger partial charge is 0.464 e. The highest BCUT2D eigenvalue weighted by Crippen LogP contribution is 2.56. The highest BCUT2D eigenvalue weighted by Gasteiger charge is 2.82. The fourth-order valence-corrected chi connectivity index (χ4v) is 1.34. The fourth-order valence-electron chi connectivity index (χ4n) is 1.05. The Kier molecular flexibility index (Phi) is 7.45. The Morgan fingerprint density at radius 2 is 1.11 bits per heavy atom. The Morgan fingerprint density at radius 3 is 1.39 bits per heavy atom. The number of methoxy groups -OCH3 is 1. The SMILES string of the molecule is COC(=O)C(F)(F)C(F)(F)OC(F)(C(F)(F)F)C(F)(F)OC(F)(Br)C(F)(F)Br. The molecule has 0 bridgehead atoms. The Morgan fingerprint density at radius 1 is 0.714 bits per heavy atom. The molecule has 0 N–H and O–H groups in total. The normalized spacial score (nSPS) is 19.0. The maximum atomic E-state index is 13.8. The van der Waals surface area contributed by atoms with Crippen LogP contribution < -0.4 is 0 Å². The van der Waals surface area contributed by atoms with Crippen molar-refractivity contribution in [1.29, 1.82) is 0 Å². The highest BCUT2D eigenvalue weighted by molar-refractivity contribution is 9.12. The van der Waals surface area contributed by atoms with Gasteiger partial charge in [0.2, 0.25) is 0 Å². The van der Waals surface area contributed by atoms with Crippen LogP contribution in [0.2, 0.25) is 0 Å². The van der Waals surface area contributed by atoms with Crippen LogP contribution in [0, 0.1) is 0 Å². The lowest BCUT2D eigenvalue weighted by Crippen LogP contribution is -2.66. The number of rotatable bonds is 8. The zero-order chi connectivity index (χ0) is 23.2. The van der Waals surface area contributed by atoms with Crippen molar-refractivity contribution in [3.8, 4) is 0 Å². The first-order valence-corrected chi connectivity index (χ1v) is 7.30. The predicted molar refractivity (Wildman–Crippen MR) is 65.6 cm³/mol. The van der Waals surface area contributed by atoms with E-state index in [4.69, 9.17) is 0 Å². The summed E-state index contributed by atoms with van der Waals surface area (Å²) < 4.78 is 171. The standard InChI is InChI=1S/C9H3Br2F13O4/c1-26-2(25)3(12,13)8(21,22)27-4(14,7(18,19)20)9(23,24)28-6(11,17)5(10,15)16/h1H3. The molecule has 0 aliphatic carbocycles. The first-order valence-electron chi connectivity index (χ1n) is 5.72. The van der Waals surface area contributed by atoms with Gasteiger partial charge < -0.3 is 4.74 Å². The Balaban J connectivity index is 6.33. The van der Waals surface area contributed by atoms with Gasteiger partial charge >= 0.3 is 45.7 Å². The molecule has 0 fully saturated rings. The Bertz CT molecular complexity index is 588. The summed E-state index contributed by atoms with van der Waals surface area (Å²) in [6.07, 6.45) is -21.6. The van der Waals surface area contributed by atoms with Crippen LogP contribution in [-0.2, 0) is 19.0 Å². The third-order valence-electron chi connectivity index (χ3n) is 2.40. The van der Waals surface area contributed by atoms with E-state index in [1.54, 1.807) is 4.74 Å². The van der Waals surface area contributed by atoms with Crippen LogP contribution in [0.25, 0.3) is 0 Å². The second-order valence-electron chi connectivity index (χ2n) is 4.41. The van der Waals surface area contributed by atoms with Gasteiger partial charge in [0.15, 0.2) is 0 Å². The van der Waals surface area contributed by atoms with Gasteiger partial charge in [-0.05, 0) is 31.9 Å². The second kappa shape index (κ2) is 7.60. The van der Waals surface area contributed by atoms with Gasteiger partial charge in [0, 0.05) is 0 Å². The van der Waals surface area contributed by atoms with Crippen molar-refractivity contribution in [2.75, 3.05) is 7.11 Å². The van der Waals surface area contributed by atoms with Crippen molar-refractivity contribution in [2.45, 2.75) is 39.8 Å². The summed E-state index contributed by atoms with van der Waals surface area (Å²) in [5, 5.41) is 0. The van der Waals surface area contributed by atoms with Gasteiger partial charge in [-0.25, -0.2) is 4.79 Å². The number of hydrogen-bond acceptors (Lipinski definition) is 4. The highest BCUT2D eigenvalue weighted by atomic mass is 79.9. The molecule has 0 saturated carbocycles. The minimum Gasteiger partial charge on any atom is -0.464 e. The first kappa shape index (κ1) is 27.4. The molecular formula is C9H3Br2F13O4. The molecule has 0 spiro atoms. The molecule has 28 heavy (non-hydrogen) atoms. The summed E-state index contributed by atoms with van der Waals surface area (Å²) in [5.74, 6) is -17.2. The molecule has 0 aromatic heterocycles. The summed E-state index contributed by atoms with van der Waals surface area (Å²) in [4.78, 5) is 5.16. The van der Waals surface area contributed by atoms with Gasteiger partial charge in [-0.1, -0.05) is 0 Å². The van der Waals surface area contributed by atoms with E-state index in [1.165, 1.54) is 0 Å². The van der Waals surface area contributed by atoms with Gasteiger partial charge in [-0.15, -0.1) is 0 Å². The molecule has 19 heteroatoms. The Labute approximate surface area is 161 Å². The van der Waals surface area contributed by atoms with Crippen molar-refractivity contribution in [2.24, 2.45) is 0 Å². The quantitative estimate of drug-likeness (QED) is 0.223. The molecule has 0 rings (SSSR count). The van der Waals surface area contributed by atoms with Crippen LogP contribution in [0.15, 0.2) is 0 Å². The van der Waals surface area contributed by atoms with E-state index < -0.39 is 45.7 Å². The van der Waals surface area contributed by atoms with Gasteiger partial charge in [-0.2, -0.15) is 57.1 Å². The predicted octanol–water partition coefficient (Wildman–Crippen LogP) is 5.25. The maximum Gasteiger partial charge on any atom is 0.458 e. The number of carbonyl (C=O) groups is 1. The van der Waals surface area contributed by atoms with Crippen LogP contribution in [0.1, 0.15) is 0 Å². The van der Waals surface area contributed by atoms with Crippen molar-refractivity contribution >= 4 is 37.8 Å². The first-order chi connectivity index (χ1) is 11.9. The van der Waals surface area contributed by atoms with Crippen molar-refractivity contribution < 1.29 is 76.1 Å². The molecule has 0 aliphatic rings. The van der Waals surface area contributed by atoms with Crippen molar-refractivity contribution in [3.05, 3.63) is 0 Å². The molecule has 2 unspecified atom stereocenters. The van der Waals surface area contributed by atoms with E-state index in [0.29, 0.717) is 0 Å². The zero-order valence-corrected chi connectivity index (χ0v) is 15.5. The Hall–Kier alpha value is -0.560. The summed E-state index contributed by atoms with van der Waals surface area (Å²) in [5.41, 5.74) is 0. The van der Waals surface area contributed by atoms with Gasteiger partial charge in [0.1, 0.15) is 0 Å². The molecule has 0 aliphatic heterocycles. The molecule has 0 amide bonds. The lowest BCUT2D eigenvalue weighted by Gasteiger charge is -2.39. The van der Waals surface area contributed by atoms with Crippen molar-refractivity contribution in [3.63, 3.8) is 0 Å².